The van der Waals surface area contributed by atoms with Crippen LogP contribution < -0.4 is 4.74 Å². The number of hydrogen-bond acceptors (Lipinski definition) is 3. The quantitative estimate of drug-likeness (QED) is 0.737. The zero-order valence-corrected chi connectivity index (χ0v) is 16.9. The van der Waals surface area contributed by atoms with Gasteiger partial charge in [0.05, 0.1) is 5.02 Å². The minimum Gasteiger partial charge on any atom is -0.470 e. The minimum absolute atomic E-state index is 0.0323. The van der Waals surface area contributed by atoms with Crippen LogP contribution in [0.25, 0.3) is 0 Å². The Bertz CT molecular complexity index is 858. The molecule has 1 aromatic heterocycles. The lowest BCUT2D eigenvalue weighted by Gasteiger charge is -2.59. The molecular weight excluding hydrogens is 374 g/mol. The Balaban J connectivity index is 1.34. The van der Waals surface area contributed by atoms with Crippen molar-refractivity contribution >= 4 is 17.5 Å². The molecule has 0 saturated heterocycles. The summed E-state index contributed by atoms with van der Waals surface area (Å²) in [6, 6.07) is 9.12. The summed E-state index contributed by atoms with van der Waals surface area (Å²) in [5.74, 6) is 3.04. The first kappa shape index (κ1) is 18.0. The lowest BCUT2D eigenvalue weighted by atomic mass is 9.52. The fourth-order valence-electron chi connectivity index (χ4n) is 6.17. The molecule has 0 atom stereocenters. The van der Waals surface area contributed by atoms with Crippen LogP contribution in [0.4, 0.5) is 0 Å². The van der Waals surface area contributed by atoms with E-state index in [-0.39, 0.29) is 18.2 Å². The number of hydrogen-bond donors (Lipinski definition) is 0. The first-order valence-electron chi connectivity index (χ1n) is 10.2. The Labute approximate surface area is 170 Å². The number of ether oxygens (including phenoxy) is 1. The van der Waals surface area contributed by atoms with Crippen molar-refractivity contribution in [1.29, 1.82) is 0 Å². The molecule has 4 aliphatic carbocycles. The molecule has 4 bridgehead atoms. The normalized spacial score (nSPS) is 30.4. The first-order valence-corrected chi connectivity index (χ1v) is 10.6. The molecule has 4 aliphatic rings. The van der Waals surface area contributed by atoms with Gasteiger partial charge < -0.3 is 9.64 Å². The van der Waals surface area contributed by atoms with Crippen molar-refractivity contribution in [3.8, 4) is 5.75 Å². The van der Waals surface area contributed by atoms with Crippen LogP contribution in [-0.4, -0.2) is 33.2 Å². The molecule has 1 aromatic carbocycles. The Kier molecular flexibility index (Phi) is 4.38. The third-order valence-corrected chi connectivity index (χ3v) is 7.45. The van der Waals surface area contributed by atoms with Crippen molar-refractivity contribution in [3.63, 3.8) is 0 Å². The molecule has 1 amide bonds. The maximum absolute atomic E-state index is 13.4. The number of halogens is 1. The van der Waals surface area contributed by atoms with Crippen molar-refractivity contribution in [2.24, 2.45) is 17.8 Å². The summed E-state index contributed by atoms with van der Waals surface area (Å²) < 4.78 is 7.43. The van der Waals surface area contributed by atoms with Gasteiger partial charge in [-0.3, -0.25) is 4.79 Å². The number of amides is 1. The van der Waals surface area contributed by atoms with Gasteiger partial charge in [-0.25, -0.2) is 4.68 Å². The third kappa shape index (κ3) is 3.00. The predicted molar refractivity (Wildman–Crippen MR) is 107 cm³/mol. The second-order valence-electron chi connectivity index (χ2n) is 8.93. The molecule has 0 unspecified atom stereocenters. The van der Waals surface area contributed by atoms with Gasteiger partial charge in [-0.2, -0.15) is 5.10 Å². The Morgan fingerprint density at radius 2 is 1.82 bits per heavy atom. The molecule has 4 saturated carbocycles. The second-order valence-corrected chi connectivity index (χ2v) is 9.33. The maximum Gasteiger partial charge on any atom is 0.272 e. The van der Waals surface area contributed by atoms with Crippen LogP contribution in [0.1, 0.15) is 49.0 Å². The average Bonchev–Trinajstić information content (AvgIpc) is 3.14. The van der Waals surface area contributed by atoms with Gasteiger partial charge in [0.25, 0.3) is 5.91 Å². The van der Waals surface area contributed by atoms with Gasteiger partial charge >= 0.3 is 0 Å². The van der Waals surface area contributed by atoms with Crippen LogP contribution in [0.5, 0.6) is 5.75 Å². The first-order chi connectivity index (χ1) is 13.5. The van der Waals surface area contributed by atoms with Crippen molar-refractivity contribution in [2.45, 2.75) is 50.8 Å². The molecule has 5 nitrogen and oxygen atoms in total. The molecule has 0 N–H and O–H groups in total. The molecule has 4 fully saturated rings. The molecule has 6 rings (SSSR count). The number of carbonyl (C=O) groups excluding carboxylic acids is 1. The lowest BCUT2D eigenvalue weighted by Crippen LogP contribution is -2.60. The molecule has 1 heterocycles. The zero-order valence-electron chi connectivity index (χ0n) is 16.2. The van der Waals surface area contributed by atoms with Gasteiger partial charge in [0.2, 0.25) is 0 Å². The van der Waals surface area contributed by atoms with E-state index < -0.39 is 0 Å². The van der Waals surface area contributed by atoms with Gasteiger partial charge in [-0.15, -0.1) is 0 Å². The lowest BCUT2D eigenvalue weighted by molar-refractivity contribution is -0.0669. The van der Waals surface area contributed by atoms with Crippen LogP contribution in [0.15, 0.2) is 36.5 Å². The fourth-order valence-corrected chi connectivity index (χ4v) is 6.36. The monoisotopic (exact) mass is 399 g/mol. The average molecular weight is 400 g/mol. The van der Waals surface area contributed by atoms with E-state index in [4.69, 9.17) is 16.3 Å². The van der Waals surface area contributed by atoms with E-state index in [2.05, 4.69) is 5.10 Å². The second kappa shape index (κ2) is 6.80. The van der Waals surface area contributed by atoms with Crippen molar-refractivity contribution < 1.29 is 9.53 Å². The van der Waals surface area contributed by atoms with Crippen LogP contribution in [-0.2, 0) is 6.73 Å². The predicted octanol–water partition coefficient (Wildman–Crippen LogP) is 4.61. The Hall–Kier alpha value is -2.01. The van der Waals surface area contributed by atoms with Crippen LogP contribution in [0, 0.1) is 17.8 Å². The fraction of sp³-hybridized carbons (Fsp3) is 0.545. The van der Waals surface area contributed by atoms with E-state index in [0.29, 0.717) is 16.5 Å². The largest absolute Gasteiger partial charge is 0.470 e. The highest BCUT2D eigenvalue weighted by Crippen LogP contribution is 2.57. The van der Waals surface area contributed by atoms with Crippen molar-refractivity contribution in [2.75, 3.05) is 7.05 Å². The highest BCUT2D eigenvalue weighted by molar-refractivity contribution is 6.32. The van der Waals surface area contributed by atoms with E-state index in [1.165, 1.54) is 19.3 Å². The van der Waals surface area contributed by atoms with E-state index in [1.807, 2.05) is 30.1 Å². The standard InChI is InChI=1S/C22H26ClN3O2/c1-25(22-11-15-8-16(12-22)10-17(9-15)13-22)21(27)19-6-7-24-26(19)14-28-20-5-3-2-4-18(20)23/h2-7,15-17H,8-14H2,1H3. The topological polar surface area (TPSA) is 47.4 Å². The molecule has 148 valence electrons. The molecular formula is C22H26ClN3O2. The highest BCUT2D eigenvalue weighted by atomic mass is 35.5. The number of nitrogens with zero attached hydrogens (tertiary/aromatic N) is 3. The van der Waals surface area contributed by atoms with E-state index >= 15 is 0 Å². The molecule has 0 spiro atoms. The summed E-state index contributed by atoms with van der Waals surface area (Å²) in [7, 11) is 1.99. The summed E-state index contributed by atoms with van der Waals surface area (Å²) in [6.07, 6.45) is 9.24. The summed E-state index contributed by atoms with van der Waals surface area (Å²) in [6.45, 7) is 0.159. The maximum atomic E-state index is 13.4. The smallest absolute Gasteiger partial charge is 0.272 e. The number of aromatic nitrogens is 2. The molecule has 28 heavy (non-hydrogen) atoms. The Morgan fingerprint density at radius 1 is 1.18 bits per heavy atom. The van der Waals surface area contributed by atoms with Crippen LogP contribution in [0.2, 0.25) is 5.02 Å². The zero-order chi connectivity index (χ0) is 19.3. The SMILES string of the molecule is CN(C(=O)c1ccnn1COc1ccccc1Cl)C12CC3CC(CC(C3)C1)C2. The van der Waals surface area contributed by atoms with Gasteiger partial charge in [0.1, 0.15) is 11.4 Å². The number of benzene rings is 1. The number of carbonyl (C=O) groups is 1. The van der Waals surface area contributed by atoms with Crippen molar-refractivity contribution in [3.05, 3.63) is 47.2 Å². The summed E-state index contributed by atoms with van der Waals surface area (Å²) in [5.41, 5.74) is 0.607. The van der Waals surface area contributed by atoms with Gasteiger partial charge in [-0.1, -0.05) is 23.7 Å². The third-order valence-electron chi connectivity index (χ3n) is 7.14. The van der Waals surface area contributed by atoms with Crippen LogP contribution in [0.3, 0.4) is 0 Å². The molecule has 0 aliphatic heterocycles. The van der Waals surface area contributed by atoms with E-state index in [0.717, 1.165) is 37.0 Å². The minimum atomic E-state index is 0.0323. The number of para-hydroxylation sites is 1. The molecule has 0 radical (unpaired) electrons. The molecule has 2 aromatic rings. The van der Waals surface area contributed by atoms with E-state index in [9.17, 15) is 4.79 Å². The van der Waals surface area contributed by atoms with E-state index in [1.54, 1.807) is 23.0 Å². The summed E-state index contributed by atoms with van der Waals surface area (Å²) in [4.78, 5) is 15.4. The summed E-state index contributed by atoms with van der Waals surface area (Å²) in [5, 5.41) is 4.86. The number of rotatable bonds is 5. The van der Waals surface area contributed by atoms with Crippen LogP contribution >= 0.6 is 11.6 Å². The Morgan fingerprint density at radius 3 is 2.46 bits per heavy atom. The van der Waals surface area contributed by atoms with Gasteiger partial charge in [-0.05, 0) is 74.5 Å². The highest BCUT2D eigenvalue weighted by Gasteiger charge is 2.54. The van der Waals surface area contributed by atoms with Gasteiger partial charge in [0.15, 0.2) is 6.73 Å². The summed E-state index contributed by atoms with van der Waals surface area (Å²) >= 11 is 6.16. The molecule has 6 heteroatoms. The van der Waals surface area contributed by atoms with Gasteiger partial charge in [0, 0.05) is 18.8 Å². The van der Waals surface area contributed by atoms with Crippen molar-refractivity contribution in [1.82, 2.24) is 14.7 Å².